The van der Waals surface area contributed by atoms with Crippen molar-refractivity contribution in [3.63, 3.8) is 0 Å². The summed E-state index contributed by atoms with van der Waals surface area (Å²) in [6.45, 7) is 3.01. The van der Waals surface area contributed by atoms with Crippen molar-refractivity contribution in [3.05, 3.63) is 0 Å². The Morgan fingerprint density at radius 3 is 2.25 bits per heavy atom. The van der Waals surface area contributed by atoms with Crippen LogP contribution in [0, 0.1) is 23.2 Å². The minimum Gasteiger partial charge on any atom is -0.356 e. The smallest absolute Gasteiger partial charge is 0.220 e. The Hall–Kier alpha value is -0.0500. The summed E-state index contributed by atoms with van der Waals surface area (Å²) in [4.78, 5) is 12.8. The SMILES string of the molecule is CCC(Br)CCNC(=O)CC12CC3CC(CC(C3)C1)C2. The van der Waals surface area contributed by atoms with Gasteiger partial charge in [0.25, 0.3) is 0 Å². The van der Waals surface area contributed by atoms with Crippen LogP contribution in [0.4, 0.5) is 0 Å². The van der Waals surface area contributed by atoms with Crippen molar-refractivity contribution in [1.82, 2.24) is 5.32 Å². The van der Waals surface area contributed by atoms with Crippen molar-refractivity contribution in [1.29, 1.82) is 0 Å². The first kappa shape index (κ1) is 14.9. The van der Waals surface area contributed by atoms with Crippen LogP contribution in [-0.2, 0) is 4.79 Å². The molecular weight excluding hydrogens is 314 g/mol. The monoisotopic (exact) mass is 341 g/mol. The van der Waals surface area contributed by atoms with Crippen LogP contribution in [0.25, 0.3) is 0 Å². The zero-order valence-electron chi connectivity index (χ0n) is 12.7. The van der Waals surface area contributed by atoms with E-state index in [1.54, 1.807) is 0 Å². The lowest BCUT2D eigenvalue weighted by Crippen LogP contribution is -2.48. The van der Waals surface area contributed by atoms with Crippen molar-refractivity contribution in [2.45, 2.75) is 69.5 Å². The Kier molecular flexibility index (Phi) is 4.45. The third-order valence-corrected chi connectivity index (χ3v) is 7.03. The summed E-state index contributed by atoms with van der Waals surface area (Å²) >= 11 is 3.63. The first-order valence-corrected chi connectivity index (χ1v) is 9.41. The van der Waals surface area contributed by atoms with E-state index in [0.717, 1.165) is 43.6 Å². The number of hydrogen-bond acceptors (Lipinski definition) is 1. The lowest BCUT2D eigenvalue weighted by atomic mass is 9.49. The van der Waals surface area contributed by atoms with Gasteiger partial charge in [-0.2, -0.15) is 0 Å². The van der Waals surface area contributed by atoms with E-state index in [1.807, 2.05) is 0 Å². The molecule has 0 saturated heterocycles. The van der Waals surface area contributed by atoms with E-state index < -0.39 is 0 Å². The number of carbonyl (C=O) groups is 1. The van der Waals surface area contributed by atoms with Crippen molar-refractivity contribution in [3.8, 4) is 0 Å². The maximum absolute atomic E-state index is 12.3. The predicted molar refractivity (Wildman–Crippen MR) is 85.9 cm³/mol. The predicted octanol–water partition coefficient (Wildman–Crippen LogP) is 4.27. The molecule has 0 heterocycles. The van der Waals surface area contributed by atoms with Gasteiger partial charge in [0.15, 0.2) is 0 Å². The molecule has 4 bridgehead atoms. The molecule has 114 valence electrons. The van der Waals surface area contributed by atoms with Gasteiger partial charge in [-0.3, -0.25) is 4.79 Å². The largest absolute Gasteiger partial charge is 0.356 e. The maximum Gasteiger partial charge on any atom is 0.220 e. The average molecular weight is 342 g/mol. The van der Waals surface area contributed by atoms with E-state index in [1.165, 1.54) is 38.5 Å². The van der Waals surface area contributed by atoms with Crippen LogP contribution >= 0.6 is 15.9 Å². The molecule has 2 nitrogen and oxygen atoms in total. The number of alkyl halides is 1. The van der Waals surface area contributed by atoms with E-state index in [4.69, 9.17) is 0 Å². The summed E-state index contributed by atoms with van der Waals surface area (Å²) in [5.41, 5.74) is 0.386. The minimum absolute atomic E-state index is 0.308. The number of carbonyl (C=O) groups excluding carboxylic acids is 1. The maximum atomic E-state index is 12.3. The molecular formula is C17H28BrNO. The number of rotatable bonds is 6. The van der Waals surface area contributed by atoms with Crippen molar-refractivity contribution in [2.24, 2.45) is 23.2 Å². The number of hydrogen-bond donors (Lipinski definition) is 1. The first-order chi connectivity index (χ1) is 9.58. The van der Waals surface area contributed by atoms with Crippen LogP contribution in [0.2, 0.25) is 0 Å². The molecule has 1 atom stereocenters. The molecule has 1 N–H and O–H groups in total. The van der Waals surface area contributed by atoms with Crippen molar-refractivity contribution < 1.29 is 4.79 Å². The van der Waals surface area contributed by atoms with Gasteiger partial charge in [-0.25, -0.2) is 0 Å². The third-order valence-electron chi connectivity index (χ3n) is 5.92. The second-order valence-corrected chi connectivity index (χ2v) is 9.03. The Morgan fingerprint density at radius 1 is 1.20 bits per heavy atom. The fraction of sp³-hybridized carbons (Fsp3) is 0.941. The summed E-state index contributed by atoms with van der Waals surface area (Å²) in [7, 11) is 0. The molecule has 3 heteroatoms. The van der Waals surface area contributed by atoms with Crippen LogP contribution in [-0.4, -0.2) is 17.3 Å². The molecule has 4 fully saturated rings. The van der Waals surface area contributed by atoms with Crippen molar-refractivity contribution >= 4 is 21.8 Å². The summed E-state index contributed by atoms with van der Waals surface area (Å²) < 4.78 is 0. The molecule has 0 aromatic heterocycles. The van der Waals surface area contributed by atoms with E-state index in [2.05, 4.69) is 28.2 Å². The van der Waals surface area contributed by atoms with Gasteiger partial charge in [-0.1, -0.05) is 22.9 Å². The highest BCUT2D eigenvalue weighted by Gasteiger charge is 2.51. The molecule has 4 aliphatic rings. The summed E-state index contributed by atoms with van der Waals surface area (Å²) in [6.07, 6.45) is 11.4. The zero-order chi connectivity index (χ0) is 14.2. The molecule has 4 aliphatic carbocycles. The lowest BCUT2D eigenvalue weighted by Gasteiger charge is -2.56. The molecule has 0 radical (unpaired) electrons. The van der Waals surface area contributed by atoms with Crippen LogP contribution in [0.1, 0.15) is 64.7 Å². The average Bonchev–Trinajstić information content (AvgIpc) is 2.36. The number of halogens is 1. The molecule has 4 rings (SSSR count). The highest BCUT2D eigenvalue weighted by atomic mass is 79.9. The second-order valence-electron chi connectivity index (χ2n) is 7.74. The third kappa shape index (κ3) is 3.23. The highest BCUT2D eigenvalue weighted by molar-refractivity contribution is 9.09. The zero-order valence-corrected chi connectivity index (χ0v) is 14.3. The number of nitrogens with one attached hydrogen (secondary N) is 1. The quantitative estimate of drug-likeness (QED) is 0.718. The molecule has 0 aromatic carbocycles. The van der Waals surface area contributed by atoms with Gasteiger partial charge in [-0.15, -0.1) is 0 Å². The topological polar surface area (TPSA) is 29.1 Å². The van der Waals surface area contributed by atoms with Crippen LogP contribution in [0.3, 0.4) is 0 Å². The first-order valence-electron chi connectivity index (χ1n) is 8.49. The van der Waals surface area contributed by atoms with Crippen molar-refractivity contribution in [2.75, 3.05) is 6.54 Å². The van der Waals surface area contributed by atoms with Gasteiger partial charge in [0, 0.05) is 17.8 Å². The van der Waals surface area contributed by atoms with Crippen LogP contribution in [0.15, 0.2) is 0 Å². The number of amides is 1. The Labute approximate surface area is 131 Å². The van der Waals surface area contributed by atoms with Crippen LogP contribution < -0.4 is 5.32 Å². The Morgan fingerprint density at radius 2 is 1.75 bits per heavy atom. The normalized spacial score (nSPS) is 39.8. The van der Waals surface area contributed by atoms with Gasteiger partial charge in [0.1, 0.15) is 0 Å². The van der Waals surface area contributed by atoms with E-state index in [-0.39, 0.29) is 0 Å². The fourth-order valence-corrected chi connectivity index (χ4v) is 5.71. The molecule has 0 aromatic rings. The van der Waals surface area contributed by atoms with Gasteiger partial charge >= 0.3 is 0 Å². The highest BCUT2D eigenvalue weighted by Crippen LogP contribution is 2.61. The van der Waals surface area contributed by atoms with E-state index in [0.29, 0.717) is 16.1 Å². The molecule has 1 amide bonds. The summed E-state index contributed by atoms with van der Waals surface area (Å²) in [5, 5.41) is 3.15. The van der Waals surface area contributed by atoms with Gasteiger partial charge in [-0.05, 0) is 74.5 Å². The van der Waals surface area contributed by atoms with Crippen LogP contribution in [0.5, 0.6) is 0 Å². The van der Waals surface area contributed by atoms with Gasteiger partial charge in [0.05, 0.1) is 0 Å². The summed E-state index contributed by atoms with van der Waals surface area (Å²) in [5.74, 6) is 3.14. The Balaban J connectivity index is 1.49. The van der Waals surface area contributed by atoms with E-state index >= 15 is 0 Å². The standard InChI is InChI=1S/C17H28BrNO/c1-2-15(18)3-4-19-16(20)11-17-8-12-5-13(9-17)7-14(6-12)10-17/h12-15H,2-11H2,1H3,(H,19,20). The fourth-order valence-electron chi connectivity index (χ4n) is 5.48. The van der Waals surface area contributed by atoms with E-state index in [9.17, 15) is 4.79 Å². The summed E-state index contributed by atoms with van der Waals surface area (Å²) in [6, 6.07) is 0. The molecule has 0 aliphatic heterocycles. The lowest BCUT2D eigenvalue weighted by molar-refractivity contribution is -0.129. The molecule has 4 saturated carbocycles. The molecule has 20 heavy (non-hydrogen) atoms. The Bertz CT molecular complexity index is 333. The minimum atomic E-state index is 0.308. The van der Waals surface area contributed by atoms with Gasteiger partial charge in [0.2, 0.25) is 5.91 Å². The molecule has 0 spiro atoms. The molecule has 1 unspecified atom stereocenters. The van der Waals surface area contributed by atoms with Gasteiger partial charge < -0.3 is 5.32 Å². The second kappa shape index (κ2) is 5.98.